The molecule has 0 radical (unpaired) electrons. The average Bonchev–Trinajstić information content (AvgIpc) is 2.85. The molecule has 2 amide bonds. The largest absolute Gasteiger partial charge is 0.416 e. The van der Waals surface area contributed by atoms with Crippen molar-refractivity contribution in [2.75, 3.05) is 24.5 Å². The van der Waals surface area contributed by atoms with E-state index in [9.17, 15) is 22.8 Å². The summed E-state index contributed by atoms with van der Waals surface area (Å²) in [6.45, 7) is 2.09. The minimum absolute atomic E-state index is 0.121. The first-order valence-corrected chi connectivity index (χ1v) is 11.0. The molecule has 0 saturated heterocycles. The van der Waals surface area contributed by atoms with Crippen LogP contribution in [0.4, 0.5) is 18.9 Å². The normalized spacial score (nSPS) is 13.2. The SMILES string of the molecule is O=C(NCCNC(=O)c1ccc(C(F)(F)F)cc1)c1ccc(N2CCc3ccccc3C2)cc1. The zero-order valence-corrected chi connectivity index (χ0v) is 18.4. The maximum atomic E-state index is 12.6. The van der Waals surface area contributed by atoms with Crippen molar-refractivity contribution in [1.29, 1.82) is 0 Å². The highest BCUT2D eigenvalue weighted by Crippen LogP contribution is 2.29. The minimum Gasteiger partial charge on any atom is -0.367 e. The van der Waals surface area contributed by atoms with Crippen molar-refractivity contribution in [2.24, 2.45) is 0 Å². The molecule has 0 fully saturated rings. The van der Waals surface area contributed by atoms with Gasteiger partial charge in [-0.1, -0.05) is 24.3 Å². The van der Waals surface area contributed by atoms with E-state index >= 15 is 0 Å². The number of fused-ring (bicyclic) bond motifs is 1. The van der Waals surface area contributed by atoms with Crippen LogP contribution in [0.5, 0.6) is 0 Å². The fourth-order valence-corrected chi connectivity index (χ4v) is 3.91. The molecule has 2 N–H and O–H groups in total. The Kier molecular flexibility index (Phi) is 6.86. The summed E-state index contributed by atoms with van der Waals surface area (Å²) in [7, 11) is 0. The van der Waals surface area contributed by atoms with Gasteiger partial charge >= 0.3 is 6.18 Å². The van der Waals surface area contributed by atoms with Crippen LogP contribution in [0.3, 0.4) is 0 Å². The first kappa shape index (κ1) is 23.4. The second-order valence-electron chi connectivity index (χ2n) is 8.07. The number of benzene rings is 3. The van der Waals surface area contributed by atoms with Crippen LogP contribution in [0.1, 0.15) is 37.4 Å². The second kappa shape index (κ2) is 9.99. The standard InChI is InChI=1S/C26H24F3N3O2/c27-26(28,29)22-9-5-19(6-10-22)24(33)30-14-15-31-25(34)20-7-11-23(12-8-20)32-16-13-18-3-1-2-4-21(18)17-32/h1-12H,13-17H2,(H,30,33)(H,31,34). The third kappa shape index (κ3) is 5.57. The van der Waals surface area contributed by atoms with Crippen LogP contribution in [0, 0.1) is 0 Å². The third-order valence-electron chi connectivity index (χ3n) is 5.80. The van der Waals surface area contributed by atoms with Crippen LogP contribution < -0.4 is 15.5 Å². The van der Waals surface area contributed by atoms with Crippen molar-refractivity contribution in [3.05, 3.63) is 101 Å². The molecule has 0 atom stereocenters. The summed E-state index contributed by atoms with van der Waals surface area (Å²) in [6.07, 6.45) is -3.46. The summed E-state index contributed by atoms with van der Waals surface area (Å²) in [4.78, 5) is 26.8. The molecule has 3 aromatic rings. The van der Waals surface area contributed by atoms with Crippen molar-refractivity contribution >= 4 is 17.5 Å². The summed E-state index contributed by atoms with van der Waals surface area (Å²) < 4.78 is 37.8. The number of halogens is 3. The Hall–Kier alpha value is -3.81. The van der Waals surface area contributed by atoms with E-state index < -0.39 is 17.6 Å². The van der Waals surface area contributed by atoms with Gasteiger partial charge in [-0.2, -0.15) is 13.2 Å². The van der Waals surface area contributed by atoms with Crippen LogP contribution in [0.15, 0.2) is 72.8 Å². The van der Waals surface area contributed by atoms with E-state index in [1.165, 1.54) is 11.1 Å². The van der Waals surface area contributed by atoms with Crippen molar-refractivity contribution in [2.45, 2.75) is 19.1 Å². The van der Waals surface area contributed by atoms with Crippen molar-refractivity contribution in [1.82, 2.24) is 10.6 Å². The van der Waals surface area contributed by atoms with Crippen molar-refractivity contribution in [3.8, 4) is 0 Å². The zero-order valence-electron chi connectivity index (χ0n) is 18.4. The molecule has 34 heavy (non-hydrogen) atoms. The predicted octanol–water partition coefficient (Wildman–Crippen LogP) is 4.43. The summed E-state index contributed by atoms with van der Waals surface area (Å²) in [6, 6.07) is 19.8. The van der Waals surface area contributed by atoms with Gasteiger partial charge in [0.2, 0.25) is 0 Å². The van der Waals surface area contributed by atoms with Gasteiger partial charge in [-0.25, -0.2) is 0 Å². The van der Waals surface area contributed by atoms with Crippen LogP contribution in [0.2, 0.25) is 0 Å². The topological polar surface area (TPSA) is 61.4 Å². The maximum absolute atomic E-state index is 12.6. The first-order valence-electron chi connectivity index (χ1n) is 11.0. The molecule has 0 bridgehead atoms. The molecule has 5 nitrogen and oxygen atoms in total. The van der Waals surface area contributed by atoms with E-state index in [4.69, 9.17) is 0 Å². The maximum Gasteiger partial charge on any atom is 0.416 e. The van der Waals surface area contributed by atoms with E-state index in [2.05, 4.69) is 33.7 Å². The average molecular weight is 467 g/mol. The number of hydrogen-bond acceptors (Lipinski definition) is 3. The fourth-order valence-electron chi connectivity index (χ4n) is 3.91. The predicted molar refractivity (Wildman–Crippen MR) is 124 cm³/mol. The molecule has 0 aromatic heterocycles. The van der Waals surface area contributed by atoms with Gasteiger partial charge < -0.3 is 15.5 Å². The number of amides is 2. The number of alkyl halides is 3. The highest BCUT2D eigenvalue weighted by Gasteiger charge is 2.30. The molecule has 4 rings (SSSR count). The molecule has 0 aliphatic carbocycles. The number of anilines is 1. The summed E-state index contributed by atoms with van der Waals surface area (Å²) >= 11 is 0. The Bertz CT molecular complexity index is 1160. The van der Waals surface area contributed by atoms with Gasteiger partial charge in [-0.15, -0.1) is 0 Å². The quantitative estimate of drug-likeness (QED) is 0.528. The number of carbonyl (C=O) groups excluding carboxylic acids is 2. The van der Waals surface area contributed by atoms with E-state index in [-0.39, 0.29) is 24.6 Å². The van der Waals surface area contributed by atoms with Gasteiger partial charge in [0.25, 0.3) is 11.8 Å². The van der Waals surface area contributed by atoms with Gasteiger partial charge in [0.05, 0.1) is 5.56 Å². The molecule has 1 aliphatic rings. The second-order valence-corrected chi connectivity index (χ2v) is 8.07. The third-order valence-corrected chi connectivity index (χ3v) is 5.80. The Morgan fingerprint density at radius 2 is 1.29 bits per heavy atom. The highest BCUT2D eigenvalue weighted by atomic mass is 19.4. The Morgan fingerprint density at radius 1 is 0.765 bits per heavy atom. The van der Waals surface area contributed by atoms with E-state index in [1.807, 2.05) is 18.2 Å². The molecule has 1 heterocycles. The summed E-state index contributed by atoms with van der Waals surface area (Å²) in [5.74, 6) is -0.769. The highest BCUT2D eigenvalue weighted by molar-refractivity contribution is 5.95. The lowest BCUT2D eigenvalue weighted by Crippen LogP contribution is -2.34. The van der Waals surface area contributed by atoms with Gasteiger partial charge in [0.1, 0.15) is 0 Å². The van der Waals surface area contributed by atoms with Gasteiger partial charge in [-0.3, -0.25) is 9.59 Å². The van der Waals surface area contributed by atoms with Crippen molar-refractivity contribution in [3.63, 3.8) is 0 Å². The molecule has 8 heteroatoms. The van der Waals surface area contributed by atoms with E-state index in [1.54, 1.807) is 12.1 Å². The Balaban J connectivity index is 1.23. The summed E-state index contributed by atoms with van der Waals surface area (Å²) in [5, 5.41) is 5.31. The zero-order chi connectivity index (χ0) is 24.1. The van der Waals surface area contributed by atoms with Crippen LogP contribution in [0.25, 0.3) is 0 Å². The first-order chi connectivity index (χ1) is 16.3. The number of nitrogens with one attached hydrogen (secondary N) is 2. The van der Waals surface area contributed by atoms with E-state index in [0.717, 1.165) is 49.5 Å². The molecule has 0 unspecified atom stereocenters. The van der Waals surface area contributed by atoms with E-state index in [0.29, 0.717) is 5.56 Å². The molecule has 3 aromatic carbocycles. The van der Waals surface area contributed by atoms with Crippen LogP contribution in [-0.2, 0) is 19.1 Å². The number of carbonyl (C=O) groups is 2. The summed E-state index contributed by atoms with van der Waals surface area (Å²) in [5.41, 5.74) is 3.56. The molecular weight excluding hydrogens is 443 g/mol. The number of hydrogen-bond donors (Lipinski definition) is 2. The molecule has 0 saturated carbocycles. The smallest absolute Gasteiger partial charge is 0.367 e. The Morgan fingerprint density at radius 3 is 1.85 bits per heavy atom. The fraction of sp³-hybridized carbons (Fsp3) is 0.231. The Labute approximate surface area is 195 Å². The molecule has 0 spiro atoms. The lowest BCUT2D eigenvalue weighted by Gasteiger charge is -2.30. The number of rotatable bonds is 6. The lowest BCUT2D eigenvalue weighted by atomic mass is 9.99. The minimum atomic E-state index is -4.45. The molecular formula is C26H24F3N3O2. The monoisotopic (exact) mass is 467 g/mol. The van der Waals surface area contributed by atoms with Crippen LogP contribution >= 0.6 is 0 Å². The van der Waals surface area contributed by atoms with Gasteiger partial charge in [0, 0.05) is 43.0 Å². The lowest BCUT2D eigenvalue weighted by molar-refractivity contribution is -0.137. The van der Waals surface area contributed by atoms with Gasteiger partial charge in [-0.05, 0) is 66.1 Å². The van der Waals surface area contributed by atoms with Crippen molar-refractivity contribution < 1.29 is 22.8 Å². The number of nitrogens with zero attached hydrogens (tertiary/aromatic N) is 1. The van der Waals surface area contributed by atoms with Crippen LogP contribution in [-0.4, -0.2) is 31.4 Å². The van der Waals surface area contributed by atoms with Gasteiger partial charge in [0.15, 0.2) is 0 Å². The molecule has 1 aliphatic heterocycles. The molecule has 176 valence electrons.